The number of fused-ring (bicyclic) bond motifs is 2. The zero-order valence-corrected chi connectivity index (χ0v) is 7.76. The molecule has 2 N–H and O–H groups in total. The standard InChI is InChI=1S/C11H19N/c12-7-11(3-4-11)10-6-8-1-2-9(10)5-8/h8-10H,1-7,12H2. The first-order valence-corrected chi connectivity index (χ1v) is 5.54. The Hall–Kier alpha value is -0.0400. The van der Waals surface area contributed by atoms with Gasteiger partial charge in [0.25, 0.3) is 0 Å². The van der Waals surface area contributed by atoms with Crippen LogP contribution in [0.25, 0.3) is 0 Å². The first kappa shape index (κ1) is 7.37. The first-order chi connectivity index (χ1) is 5.84. The molecule has 2 bridgehead atoms. The van der Waals surface area contributed by atoms with Crippen LogP contribution in [0.4, 0.5) is 0 Å². The lowest BCUT2D eigenvalue weighted by Gasteiger charge is -2.29. The minimum Gasteiger partial charge on any atom is -0.330 e. The molecule has 3 aliphatic carbocycles. The fourth-order valence-electron chi connectivity index (χ4n) is 3.88. The fourth-order valence-corrected chi connectivity index (χ4v) is 3.88. The molecular formula is C11H19N. The largest absolute Gasteiger partial charge is 0.330 e. The maximum Gasteiger partial charge on any atom is -0.00178 e. The summed E-state index contributed by atoms with van der Waals surface area (Å²) in [5.41, 5.74) is 6.53. The van der Waals surface area contributed by atoms with Crippen molar-refractivity contribution in [1.29, 1.82) is 0 Å². The minimum atomic E-state index is 0.653. The normalized spacial score (nSPS) is 48.2. The average molecular weight is 165 g/mol. The van der Waals surface area contributed by atoms with Gasteiger partial charge in [0.2, 0.25) is 0 Å². The first-order valence-electron chi connectivity index (χ1n) is 5.54. The van der Waals surface area contributed by atoms with E-state index in [0.717, 1.165) is 24.3 Å². The Balaban J connectivity index is 1.78. The molecule has 0 saturated heterocycles. The Kier molecular flexibility index (Phi) is 1.39. The van der Waals surface area contributed by atoms with Gasteiger partial charge in [0.1, 0.15) is 0 Å². The van der Waals surface area contributed by atoms with Gasteiger partial charge in [-0.05, 0) is 61.8 Å². The summed E-state index contributed by atoms with van der Waals surface area (Å²) in [6.07, 6.45) is 9.02. The Morgan fingerprint density at radius 2 is 2.00 bits per heavy atom. The molecule has 0 heterocycles. The third kappa shape index (κ3) is 0.834. The van der Waals surface area contributed by atoms with Gasteiger partial charge in [0.05, 0.1) is 0 Å². The van der Waals surface area contributed by atoms with Crippen molar-refractivity contribution in [2.75, 3.05) is 6.54 Å². The van der Waals surface area contributed by atoms with E-state index in [1.165, 1.54) is 32.1 Å². The zero-order chi connectivity index (χ0) is 8.18. The molecule has 1 heteroatoms. The van der Waals surface area contributed by atoms with E-state index in [1.807, 2.05) is 0 Å². The molecule has 0 spiro atoms. The Bertz CT molecular complexity index is 195. The minimum absolute atomic E-state index is 0.653. The monoisotopic (exact) mass is 165 g/mol. The Morgan fingerprint density at radius 1 is 1.17 bits per heavy atom. The SMILES string of the molecule is NCC1(C2CC3CCC2C3)CC1. The molecular weight excluding hydrogens is 146 g/mol. The van der Waals surface area contributed by atoms with Crippen molar-refractivity contribution in [2.24, 2.45) is 28.9 Å². The van der Waals surface area contributed by atoms with Gasteiger partial charge in [0, 0.05) is 0 Å². The van der Waals surface area contributed by atoms with Crippen LogP contribution < -0.4 is 5.73 Å². The van der Waals surface area contributed by atoms with Crippen molar-refractivity contribution in [3.63, 3.8) is 0 Å². The average Bonchev–Trinajstić information content (AvgIpc) is 2.62. The number of rotatable bonds is 2. The molecule has 1 nitrogen and oxygen atoms in total. The second-order valence-electron chi connectivity index (χ2n) is 5.35. The lowest BCUT2D eigenvalue weighted by atomic mass is 9.77. The van der Waals surface area contributed by atoms with Crippen molar-refractivity contribution in [3.05, 3.63) is 0 Å². The summed E-state index contributed by atoms with van der Waals surface area (Å²) >= 11 is 0. The highest BCUT2D eigenvalue weighted by Crippen LogP contribution is 2.63. The van der Waals surface area contributed by atoms with E-state index in [2.05, 4.69) is 0 Å². The summed E-state index contributed by atoms with van der Waals surface area (Å²) in [5.74, 6) is 3.23. The molecule has 3 unspecified atom stereocenters. The van der Waals surface area contributed by atoms with Gasteiger partial charge in [-0.15, -0.1) is 0 Å². The molecule has 3 atom stereocenters. The van der Waals surface area contributed by atoms with Gasteiger partial charge in [-0.2, -0.15) is 0 Å². The van der Waals surface area contributed by atoms with E-state index < -0.39 is 0 Å². The number of hydrogen-bond acceptors (Lipinski definition) is 1. The van der Waals surface area contributed by atoms with E-state index in [1.54, 1.807) is 6.42 Å². The molecule has 3 aliphatic rings. The van der Waals surface area contributed by atoms with E-state index in [9.17, 15) is 0 Å². The van der Waals surface area contributed by atoms with Crippen LogP contribution >= 0.6 is 0 Å². The van der Waals surface area contributed by atoms with Gasteiger partial charge < -0.3 is 5.73 Å². The lowest BCUT2D eigenvalue weighted by molar-refractivity contribution is 0.212. The highest BCUT2D eigenvalue weighted by atomic mass is 14.7. The molecule has 3 saturated carbocycles. The number of nitrogens with two attached hydrogens (primary N) is 1. The van der Waals surface area contributed by atoms with E-state index in [4.69, 9.17) is 5.73 Å². The van der Waals surface area contributed by atoms with Gasteiger partial charge >= 0.3 is 0 Å². The Labute approximate surface area is 74.7 Å². The Morgan fingerprint density at radius 3 is 2.42 bits per heavy atom. The summed E-state index contributed by atoms with van der Waals surface area (Å²) in [4.78, 5) is 0. The molecule has 0 aliphatic heterocycles. The van der Waals surface area contributed by atoms with Crippen molar-refractivity contribution < 1.29 is 0 Å². The third-order valence-electron chi connectivity index (χ3n) is 4.82. The molecule has 0 aromatic carbocycles. The van der Waals surface area contributed by atoms with Crippen LogP contribution in [0.15, 0.2) is 0 Å². The van der Waals surface area contributed by atoms with Crippen LogP contribution in [-0.4, -0.2) is 6.54 Å². The third-order valence-corrected chi connectivity index (χ3v) is 4.82. The summed E-state index contributed by atoms with van der Waals surface area (Å²) in [6, 6.07) is 0. The van der Waals surface area contributed by atoms with Crippen LogP contribution in [0.5, 0.6) is 0 Å². The highest BCUT2D eigenvalue weighted by Gasteiger charge is 2.55. The van der Waals surface area contributed by atoms with Gasteiger partial charge in [0.15, 0.2) is 0 Å². The highest BCUT2D eigenvalue weighted by molar-refractivity contribution is 5.06. The van der Waals surface area contributed by atoms with Crippen molar-refractivity contribution >= 4 is 0 Å². The van der Waals surface area contributed by atoms with Gasteiger partial charge in [-0.3, -0.25) is 0 Å². The topological polar surface area (TPSA) is 26.0 Å². The van der Waals surface area contributed by atoms with Crippen molar-refractivity contribution in [1.82, 2.24) is 0 Å². The molecule has 3 fully saturated rings. The second kappa shape index (κ2) is 2.25. The summed E-state index contributed by atoms with van der Waals surface area (Å²) in [7, 11) is 0. The molecule has 0 amide bonds. The van der Waals surface area contributed by atoms with E-state index >= 15 is 0 Å². The fraction of sp³-hybridized carbons (Fsp3) is 1.00. The van der Waals surface area contributed by atoms with Crippen LogP contribution in [-0.2, 0) is 0 Å². The zero-order valence-electron chi connectivity index (χ0n) is 7.76. The molecule has 3 rings (SSSR count). The van der Waals surface area contributed by atoms with Crippen LogP contribution in [0.1, 0.15) is 38.5 Å². The molecule has 0 aromatic heterocycles. The van der Waals surface area contributed by atoms with Crippen LogP contribution in [0.3, 0.4) is 0 Å². The predicted octanol–water partition coefficient (Wildman–Crippen LogP) is 2.16. The van der Waals surface area contributed by atoms with Crippen LogP contribution in [0, 0.1) is 23.2 Å². The second-order valence-corrected chi connectivity index (χ2v) is 5.35. The molecule has 12 heavy (non-hydrogen) atoms. The van der Waals surface area contributed by atoms with E-state index in [-0.39, 0.29) is 0 Å². The van der Waals surface area contributed by atoms with Crippen LogP contribution in [0.2, 0.25) is 0 Å². The maximum atomic E-state index is 5.88. The molecule has 68 valence electrons. The van der Waals surface area contributed by atoms with Crippen molar-refractivity contribution in [3.8, 4) is 0 Å². The molecule has 0 radical (unpaired) electrons. The van der Waals surface area contributed by atoms with Gasteiger partial charge in [-0.25, -0.2) is 0 Å². The van der Waals surface area contributed by atoms with Gasteiger partial charge in [-0.1, -0.05) is 6.42 Å². The summed E-state index contributed by atoms with van der Waals surface area (Å²) < 4.78 is 0. The quantitative estimate of drug-likeness (QED) is 0.666. The maximum absolute atomic E-state index is 5.88. The summed E-state index contributed by atoms with van der Waals surface area (Å²) in [5, 5.41) is 0. The summed E-state index contributed by atoms with van der Waals surface area (Å²) in [6.45, 7) is 0.973. The smallest absolute Gasteiger partial charge is 0.00178 e. The predicted molar refractivity (Wildman–Crippen MR) is 49.7 cm³/mol. The molecule has 0 aromatic rings. The lowest BCUT2D eigenvalue weighted by Crippen LogP contribution is -2.28. The van der Waals surface area contributed by atoms with E-state index in [0.29, 0.717) is 5.41 Å². The van der Waals surface area contributed by atoms with Crippen molar-refractivity contribution in [2.45, 2.75) is 38.5 Å². The number of hydrogen-bond donors (Lipinski definition) is 1.